The molecule has 1 atom stereocenters. The normalized spacial score (nSPS) is 12.3. The van der Waals surface area contributed by atoms with Gasteiger partial charge in [-0.2, -0.15) is 0 Å². The SMILES string of the molecule is COc1ccc(C(O)CNC(=O)CC(C)C)cc1. The molecule has 0 spiro atoms. The van der Waals surface area contributed by atoms with Crippen LogP contribution < -0.4 is 10.1 Å². The second kappa shape index (κ2) is 7.01. The van der Waals surface area contributed by atoms with Crippen molar-refractivity contribution < 1.29 is 14.6 Å². The first-order chi connectivity index (χ1) is 8.52. The van der Waals surface area contributed by atoms with E-state index in [0.717, 1.165) is 11.3 Å². The molecular formula is C14H21NO3. The van der Waals surface area contributed by atoms with Gasteiger partial charge in [0.15, 0.2) is 0 Å². The molecule has 0 bridgehead atoms. The lowest BCUT2D eigenvalue weighted by Crippen LogP contribution is -2.29. The lowest BCUT2D eigenvalue weighted by atomic mass is 10.1. The standard InChI is InChI=1S/C14H21NO3/c1-10(2)8-14(17)15-9-13(16)11-4-6-12(18-3)7-5-11/h4-7,10,13,16H,8-9H2,1-3H3,(H,15,17). The summed E-state index contributed by atoms with van der Waals surface area (Å²) in [5, 5.41) is 12.6. The van der Waals surface area contributed by atoms with E-state index < -0.39 is 6.10 Å². The average Bonchev–Trinajstić information content (AvgIpc) is 2.35. The molecule has 4 nitrogen and oxygen atoms in total. The molecule has 2 N–H and O–H groups in total. The first-order valence-corrected chi connectivity index (χ1v) is 6.11. The van der Waals surface area contributed by atoms with Gasteiger partial charge in [0.1, 0.15) is 5.75 Å². The van der Waals surface area contributed by atoms with E-state index in [1.54, 1.807) is 31.4 Å². The van der Waals surface area contributed by atoms with E-state index >= 15 is 0 Å². The quantitative estimate of drug-likeness (QED) is 0.811. The van der Waals surface area contributed by atoms with Crippen LogP contribution in [0, 0.1) is 5.92 Å². The Bertz CT molecular complexity index is 373. The Balaban J connectivity index is 2.44. The molecule has 1 rings (SSSR count). The van der Waals surface area contributed by atoms with Gasteiger partial charge in [0.25, 0.3) is 0 Å². The molecule has 0 aliphatic carbocycles. The molecule has 1 unspecified atom stereocenters. The predicted octanol–water partition coefficient (Wildman–Crippen LogP) is 1.89. The van der Waals surface area contributed by atoms with Crippen molar-refractivity contribution in [3.63, 3.8) is 0 Å². The zero-order valence-electron chi connectivity index (χ0n) is 11.1. The number of rotatable bonds is 6. The molecule has 1 aromatic rings. The number of carbonyl (C=O) groups is 1. The average molecular weight is 251 g/mol. The van der Waals surface area contributed by atoms with Crippen LogP contribution in [-0.2, 0) is 4.79 Å². The minimum absolute atomic E-state index is 0.0300. The molecule has 18 heavy (non-hydrogen) atoms. The summed E-state index contributed by atoms with van der Waals surface area (Å²) in [5.74, 6) is 1.04. The van der Waals surface area contributed by atoms with Gasteiger partial charge in [0.2, 0.25) is 5.91 Å². The fourth-order valence-corrected chi connectivity index (χ4v) is 1.60. The van der Waals surface area contributed by atoms with Crippen molar-refractivity contribution in [2.75, 3.05) is 13.7 Å². The van der Waals surface area contributed by atoms with Gasteiger partial charge >= 0.3 is 0 Å². The molecule has 0 radical (unpaired) electrons. The smallest absolute Gasteiger partial charge is 0.220 e. The summed E-state index contributed by atoms with van der Waals surface area (Å²) in [6.07, 6.45) is -0.206. The van der Waals surface area contributed by atoms with Gasteiger partial charge in [-0.25, -0.2) is 0 Å². The maximum Gasteiger partial charge on any atom is 0.220 e. The zero-order valence-corrected chi connectivity index (χ0v) is 11.1. The third kappa shape index (κ3) is 4.75. The van der Waals surface area contributed by atoms with Gasteiger partial charge in [0, 0.05) is 13.0 Å². The molecule has 0 aromatic heterocycles. The van der Waals surface area contributed by atoms with Crippen LogP contribution in [0.4, 0.5) is 0 Å². The number of aliphatic hydroxyl groups excluding tert-OH is 1. The van der Waals surface area contributed by atoms with Gasteiger partial charge in [-0.15, -0.1) is 0 Å². The number of ether oxygens (including phenoxy) is 1. The highest BCUT2D eigenvalue weighted by atomic mass is 16.5. The van der Waals surface area contributed by atoms with E-state index in [9.17, 15) is 9.90 Å². The summed E-state index contributed by atoms with van der Waals surface area (Å²) in [6.45, 7) is 4.21. The van der Waals surface area contributed by atoms with Crippen LogP contribution in [-0.4, -0.2) is 24.7 Å². The molecule has 0 heterocycles. The third-order valence-corrected chi connectivity index (χ3v) is 2.59. The monoisotopic (exact) mass is 251 g/mol. The highest BCUT2D eigenvalue weighted by Crippen LogP contribution is 2.16. The molecule has 0 fully saturated rings. The minimum Gasteiger partial charge on any atom is -0.497 e. The Hall–Kier alpha value is -1.55. The van der Waals surface area contributed by atoms with Crippen LogP contribution in [0.25, 0.3) is 0 Å². The van der Waals surface area contributed by atoms with Gasteiger partial charge in [-0.05, 0) is 23.6 Å². The highest BCUT2D eigenvalue weighted by Gasteiger charge is 2.10. The van der Waals surface area contributed by atoms with Crippen molar-refractivity contribution in [3.05, 3.63) is 29.8 Å². The number of hydrogen-bond donors (Lipinski definition) is 2. The molecule has 1 amide bonds. The van der Waals surface area contributed by atoms with Gasteiger partial charge in [-0.3, -0.25) is 4.79 Å². The Kier molecular flexibility index (Phi) is 5.65. The summed E-state index contributed by atoms with van der Waals surface area (Å²) < 4.78 is 5.04. The van der Waals surface area contributed by atoms with E-state index in [1.165, 1.54) is 0 Å². The lowest BCUT2D eigenvalue weighted by molar-refractivity contribution is -0.122. The summed E-state index contributed by atoms with van der Waals surface area (Å²) in [4.78, 5) is 11.4. The number of methoxy groups -OCH3 is 1. The number of benzene rings is 1. The first-order valence-electron chi connectivity index (χ1n) is 6.11. The van der Waals surface area contributed by atoms with Crippen LogP contribution in [0.2, 0.25) is 0 Å². The van der Waals surface area contributed by atoms with E-state index in [4.69, 9.17) is 4.74 Å². The Morgan fingerprint density at radius 3 is 2.44 bits per heavy atom. The van der Waals surface area contributed by atoms with Crippen LogP contribution >= 0.6 is 0 Å². The molecule has 100 valence electrons. The molecule has 1 aromatic carbocycles. The first kappa shape index (κ1) is 14.5. The van der Waals surface area contributed by atoms with Crippen LogP contribution in [0.1, 0.15) is 31.9 Å². The van der Waals surface area contributed by atoms with Crippen LogP contribution in [0.5, 0.6) is 5.75 Å². The fourth-order valence-electron chi connectivity index (χ4n) is 1.60. The lowest BCUT2D eigenvalue weighted by Gasteiger charge is -2.13. The molecule has 0 saturated heterocycles. The maximum absolute atomic E-state index is 11.4. The second-order valence-electron chi connectivity index (χ2n) is 4.69. The Morgan fingerprint density at radius 2 is 1.94 bits per heavy atom. The number of amides is 1. The Morgan fingerprint density at radius 1 is 1.33 bits per heavy atom. The van der Waals surface area contributed by atoms with Crippen molar-refractivity contribution in [1.29, 1.82) is 0 Å². The predicted molar refractivity (Wildman–Crippen MR) is 70.4 cm³/mol. The van der Waals surface area contributed by atoms with E-state index in [1.807, 2.05) is 13.8 Å². The molecule has 0 aliphatic heterocycles. The number of nitrogens with one attached hydrogen (secondary N) is 1. The van der Waals surface area contributed by atoms with E-state index in [-0.39, 0.29) is 12.5 Å². The van der Waals surface area contributed by atoms with Crippen LogP contribution in [0.3, 0.4) is 0 Å². The topological polar surface area (TPSA) is 58.6 Å². The second-order valence-corrected chi connectivity index (χ2v) is 4.69. The van der Waals surface area contributed by atoms with Gasteiger partial charge < -0.3 is 15.2 Å². The third-order valence-electron chi connectivity index (χ3n) is 2.59. The van der Waals surface area contributed by atoms with Crippen molar-refractivity contribution in [2.24, 2.45) is 5.92 Å². The summed E-state index contributed by atoms with van der Waals surface area (Å²) in [6, 6.07) is 7.15. The minimum atomic E-state index is -0.688. The van der Waals surface area contributed by atoms with Crippen molar-refractivity contribution in [3.8, 4) is 5.75 Å². The van der Waals surface area contributed by atoms with Crippen LogP contribution in [0.15, 0.2) is 24.3 Å². The number of hydrogen-bond acceptors (Lipinski definition) is 3. The van der Waals surface area contributed by atoms with Gasteiger partial charge in [0.05, 0.1) is 13.2 Å². The van der Waals surface area contributed by atoms with E-state index in [0.29, 0.717) is 12.3 Å². The van der Waals surface area contributed by atoms with E-state index in [2.05, 4.69) is 5.32 Å². The number of aliphatic hydroxyl groups is 1. The molecule has 0 aliphatic rings. The van der Waals surface area contributed by atoms with Crippen molar-refractivity contribution >= 4 is 5.91 Å². The van der Waals surface area contributed by atoms with Gasteiger partial charge in [-0.1, -0.05) is 26.0 Å². The molecule has 4 heteroatoms. The zero-order chi connectivity index (χ0) is 13.5. The maximum atomic E-state index is 11.4. The van der Waals surface area contributed by atoms with Crippen molar-refractivity contribution in [1.82, 2.24) is 5.32 Å². The Labute approximate surface area is 108 Å². The summed E-state index contributed by atoms with van der Waals surface area (Å²) in [5.41, 5.74) is 0.764. The molecular weight excluding hydrogens is 230 g/mol. The molecule has 0 saturated carbocycles. The van der Waals surface area contributed by atoms with Crippen molar-refractivity contribution in [2.45, 2.75) is 26.4 Å². The highest BCUT2D eigenvalue weighted by molar-refractivity contribution is 5.76. The largest absolute Gasteiger partial charge is 0.497 e. The summed E-state index contributed by atoms with van der Waals surface area (Å²) >= 11 is 0. The fraction of sp³-hybridized carbons (Fsp3) is 0.500. The number of carbonyl (C=O) groups excluding carboxylic acids is 1. The summed E-state index contributed by atoms with van der Waals surface area (Å²) in [7, 11) is 1.59.